The first kappa shape index (κ1) is 17.2. The Morgan fingerprint density at radius 1 is 1.26 bits per heavy atom. The minimum absolute atomic E-state index is 0.108. The van der Waals surface area contributed by atoms with Crippen LogP contribution in [-0.4, -0.2) is 28.3 Å². The van der Waals surface area contributed by atoms with Crippen LogP contribution in [0.3, 0.4) is 0 Å². The predicted octanol–water partition coefficient (Wildman–Crippen LogP) is 4.83. The number of nitrogens with zero attached hydrogens (tertiary/aromatic N) is 2. The van der Waals surface area contributed by atoms with Crippen molar-refractivity contribution in [2.45, 2.75) is 64.8 Å². The summed E-state index contributed by atoms with van der Waals surface area (Å²) >= 11 is 0. The van der Waals surface area contributed by atoms with E-state index < -0.39 is 5.79 Å². The highest BCUT2D eigenvalue weighted by molar-refractivity contribution is 5.62. The standard InChI is InChI=1S/C23H28N2O2/c1-4-20-15-26-23(27-20)11-5-6-18-12-21-17(13-22(18,23)3)14-24-25(21)19-9-7-16(2)8-10-19/h7-10,12,14,20H,4-6,11,13,15H2,1-3H3/t20?,22-,23?/m0/s1. The van der Waals surface area contributed by atoms with Gasteiger partial charge in [0.25, 0.3) is 0 Å². The Kier molecular flexibility index (Phi) is 3.85. The number of benzene rings is 1. The van der Waals surface area contributed by atoms with E-state index in [1.165, 1.54) is 22.4 Å². The van der Waals surface area contributed by atoms with Crippen molar-refractivity contribution in [3.8, 4) is 5.69 Å². The van der Waals surface area contributed by atoms with E-state index >= 15 is 0 Å². The molecule has 4 heteroatoms. The van der Waals surface area contributed by atoms with Crippen molar-refractivity contribution >= 4 is 6.08 Å². The lowest BCUT2D eigenvalue weighted by molar-refractivity contribution is -0.242. The lowest BCUT2D eigenvalue weighted by Gasteiger charge is -2.51. The zero-order valence-corrected chi connectivity index (χ0v) is 16.5. The summed E-state index contributed by atoms with van der Waals surface area (Å²) in [5.41, 5.74) is 6.23. The van der Waals surface area contributed by atoms with E-state index in [1.54, 1.807) is 0 Å². The summed E-state index contributed by atoms with van der Waals surface area (Å²) in [6.07, 6.45) is 9.76. The van der Waals surface area contributed by atoms with Crippen LogP contribution in [0.15, 0.2) is 36.0 Å². The number of rotatable bonds is 2. The zero-order valence-electron chi connectivity index (χ0n) is 16.5. The third kappa shape index (κ3) is 2.46. The fourth-order valence-electron chi connectivity index (χ4n) is 5.09. The van der Waals surface area contributed by atoms with Crippen LogP contribution >= 0.6 is 0 Å². The summed E-state index contributed by atoms with van der Waals surface area (Å²) in [5.74, 6) is -0.471. The van der Waals surface area contributed by atoms with Crippen LogP contribution in [-0.2, 0) is 15.9 Å². The molecule has 2 unspecified atom stereocenters. The number of hydrogen-bond donors (Lipinski definition) is 0. The number of aromatic nitrogens is 2. The Bertz CT molecular complexity index is 898. The fourth-order valence-corrected chi connectivity index (χ4v) is 5.09. The molecular weight excluding hydrogens is 336 g/mol. The number of fused-ring (bicyclic) bond motifs is 3. The summed E-state index contributed by atoms with van der Waals surface area (Å²) in [6, 6.07) is 8.58. The Hall–Kier alpha value is -1.91. The molecule has 0 N–H and O–H groups in total. The molecule has 1 saturated heterocycles. The van der Waals surface area contributed by atoms with Crippen molar-refractivity contribution in [1.29, 1.82) is 0 Å². The number of aryl methyl sites for hydroxylation is 1. The van der Waals surface area contributed by atoms with Gasteiger partial charge < -0.3 is 9.47 Å². The minimum atomic E-state index is -0.471. The highest BCUT2D eigenvalue weighted by Crippen LogP contribution is 2.57. The molecule has 1 aromatic heterocycles. The molecule has 1 saturated carbocycles. The Labute approximate surface area is 161 Å². The topological polar surface area (TPSA) is 36.3 Å². The van der Waals surface area contributed by atoms with E-state index in [4.69, 9.17) is 14.6 Å². The lowest BCUT2D eigenvalue weighted by Crippen LogP contribution is -2.53. The van der Waals surface area contributed by atoms with Crippen molar-refractivity contribution < 1.29 is 9.47 Å². The molecule has 2 aromatic rings. The van der Waals surface area contributed by atoms with E-state index in [-0.39, 0.29) is 11.5 Å². The monoisotopic (exact) mass is 364 g/mol. The van der Waals surface area contributed by atoms with Crippen LogP contribution in [0.2, 0.25) is 0 Å². The summed E-state index contributed by atoms with van der Waals surface area (Å²) in [6.45, 7) is 7.35. The van der Waals surface area contributed by atoms with Gasteiger partial charge in [0.15, 0.2) is 5.79 Å². The van der Waals surface area contributed by atoms with Crippen molar-refractivity contribution in [2.75, 3.05) is 6.61 Å². The Morgan fingerprint density at radius 2 is 2.07 bits per heavy atom. The molecule has 1 spiro atoms. The van der Waals surface area contributed by atoms with Gasteiger partial charge in [-0.15, -0.1) is 0 Å². The summed E-state index contributed by atoms with van der Waals surface area (Å²) < 4.78 is 15.0. The van der Waals surface area contributed by atoms with Gasteiger partial charge in [-0.1, -0.05) is 37.1 Å². The van der Waals surface area contributed by atoms with Crippen LogP contribution < -0.4 is 0 Å². The SMILES string of the molecule is CCC1COC2(CCCC3=Cc4c(cnn4-c4ccc(C)cc4)C[C@@]32C)O1. The van der Waals surface area contributed by atoms with Crippen molar-refractivity contribution in [3.05, 3.63) is 52.9 Å². The minimum Gasteiger partial charge on any atom is -0.346 e. The van der Waals surface area contributed by atoms with E-state index in [0.29, 0.717) is 0 Å². The van der Waals surface area contributed by atoms with Gasteiger partial charge in [-0.05, 0) is 56.4 Å². The van der Waals surface area contributed by atoms with Crippen LogP contribution in [0.25, 0.3) is 11.8 Å². The van der Waals surface area contributed by atoms with Crippen LogP contribution in [0.5, 0.6) is 0 Å². The van der Waals surface area contributed by atoms with E-state index in [1.807, 2.05) is 6.20 Å². The second-order valence-corrected chi connectivity index (χ2v) is 8.55. The molecule has 1 aliphatic heterocycles. The largest absolute Gasteiger partial charge is 0.346 e. The third-order valence-corrected chi connectivity index (χ3v) is 6.84. The van der Waals surface area contributed by atoms with Crippen molar-refractivity contribution in [3.63, 3.8) is 0 Å². The lowest BCUT2D eigenvalue weighted by atomic mass is 9.62. The van der Waals surface area contributed by atoms with Gasteiger partial charge in [-0.2, -0.15) is 5.10 Å². The molecular formula is C23H28N2O2. The molecule has 4 nitrogen and oxygen atoms in total. The first-order valence-electron chi connectivity index (χ1n) is 10.2. The van der Waals surface area contributed by atoms with Gasteiger partial charge in [-0.25, -0.2) is 4.68 Å². The maximum atomic E-state index is 6.54. The van der Waals surface area contributed by atoms with Crippen molar-refractivity contribution in [2.24, 2.45) is 5.41 Å². The average molecular weight is 364 g/mol. The van der Waals surface area contributed by atoms with Gasteiger partial charge in [0.2, 0.25) is 0 Å². The molecule has 2 heterocycles. The average Bonchev–Trinajstić information content (AvgIpc) is 3.27. The van der Waals surface area contributed by atoms with Gasteiger partial charge in [0.1, 0.15) is 0 Å². The van der Waals surface area contributed by atoms with E-state index in [2.05, 4.69) is 55.8 Å². The second kappa shape index (κ2) is 6.05. The molecule has 3 atom stereocenters. The van der Waals surface area contributed by atoms with Crippen LogP contribution in [0, 0.1) is 12.3 Å². The Morgan fingerprint density at radius 3 is 2.81 bits per heavy atom. The van der Waals surface area contributed by atoms with Gasteiger partial charge in [0.05, 0.1) is 30.3 Å². The molecule has 1 aromatic carbocycles. The highest BCUT2D eigenvalue weighted by atomic mass is 16.7. The highest BCUT2D eigenvalue weighted by Gasteiger charge is 2.59. The van der Waals surface area contributed by atoms with Gasteiger partial charge >= 0.3 is 0 Å². The molecule has 0 amide bonds. The summed E-state index contributed by atoms with van der Waals surface area (Å²) in [4.78, 5) is 0. The number of ether oxygens (including phenoxy) is 2. The maximum absolute atomic E-state index is 6.54. The zero-order chi connectivity index (χ0) is 18.6. The molecule has 3 aliphatic rings. The molecule has 2 fully saturated rings. The predicted molar refractivity (Wildman–Crippen MR) is 106 cm³/mol. The summed E-state index contributed by atoms with van der Waals surface area (Å²) in [5, 5.41) is 4.72. The fraction of sp³-hybridized carbons (Fsp3) is 0.522. The maximum Gasteiger partial charge on any atom is 0.178 e. The molecule has 2 aliphatic carbocycles. The quantitative estimate of drug-likeness (QED) is 0.766. The summed E-state index contributed by atoms with van der Waals surface area (Å²) in [7, 11) is 0. The number of hydrogen-bond acceptors (Lipinski definition) is 3. The van der Waals surface area contributed by atoms with Gasteiger partial charge in [0, 0.05) is 11.8 Å². The molecule has 0 radical (unpaired) electrons. The third-order valence-electron chi connectivity index (χ3n) is 6.84. The van der Waals surface area contributed by atoms with Crippen LogP contribution in [0.1, 0.15) is 56.4 Å². The first-order valence-corrected chi connectivity index (χ1v) is 10.2. The van der Waals surface area contributed by atoms with Crippen LogP contribution in [0.4, 0.5) is 0 Å². The van der Waals surface area contributed by atoms with Gasteiger partial charge in [-0.3, -0.25) is 0 Å². The van der Waals surface area contributed by atoms with E-state index in [0.717, 1.165) is 44.4 Å². The molecule has 5 rings (SSSR count). The Balaban J connectivity index is 1.56. The first-order chi connectivity index (χ1) is 13.0. The molecule has 0 bridgehead atoms. The molecule has 27 heavy (non-hydrogen) atoms. The second-order valence-electron chi connectivity index (χ2n) is 8.55. The molecule has 142 valence electrons. The smallest absolute Gasteiger partial charge is 0.178 e. The van der Waals surface area contributed by atoms with Crippen molar-refractivity contribution in [1.82, 2.24) is 9.78 Å². The normalized spacial score (nSPS) is 32.3. The van der Waals surface area contributed by atoms with E-state index in [9.17, 15) is 0 Å².